The van der Waals surface area contributed by atoms with E-state index >= 15 is 0 Å². The smallest absolute Gasteiger partial charge is 0.338 e. The van der Waals surface area contributed by atoms with Gasteiger partial charge in [0.05, 0.1) is 36.6 Å². The zero-order valence-electron chi connectivity index (χ0n) is 13.6. The molecule has 0 aliphatic carbocycles. The molecular formula is C17H22N2O4. The highest BCUT2D eigenvalue weighted by molar-refractivity contribution is 5.95. The number of urea groups is 1. The number of rotatable bonds is 6. The van der Waals surface area contributed by atoms with Gasteiger partial charge in [0.15, 0.2) is 0 Å². The van der Waals surface area contributed by atoms with Crippen LogP contribution in [-0.2, 0) is 14.3 Å². The molecule has 6 heteroatoms. The summed E-state index contributed by atoms with van der Waals surface area (Å²) in [6.45, 7) is 5.93. The number of hydrogen-bond donors (Lipinski definition) is 2. The molecule has 124 valence electrons. The van der Waals surface area contributed by atoms with Crippen LogP contribution in [0.25, 0.3) is 0 Å². The highest BCUT2D eigenvalue weighted by atomic mass is 16.5. The third kappa shape index (κ3) is 4.32. The van der Waals surface area contributed by atoms with Gasteiger partial charge in [0.25, 0.3) is 0 Å². The van der Waals surface area contributed by atoms with Crippen molar-refractivity contribution in [3.8, 4) is 0 Å². The lowest BCUT2D eigenvalue weighted by Gasteiger charge is -2.29. The number of hydrogen-bond acceptors (Lipinski definition) is 4. The molecule has 1 heterocycles. The number of carbonyl (C=O) groups excluding carboxylic acids is 2. The second kappa shape index (κ2) is 7.78. The van der Waals surface area contributed by atoms with Crippen molar-refractivity contribution in [1.29, 1.82) is 0 Å². The summed E-state index contributed by atoms with van der Waals surface area (Å²) in [5.41, 5.74) is 1.63. The van der Waals surface area contributed by atoms with Crippen LogP contribution in [-0.4, -0.2) is 31.3 Å². The monoisotopic (exact) mass is 318 g/mol. The second-order valence-corrected chi connectivity index (χ2v) is 5.41. The summed E-state index contributed by atoms with van der Waals surface area (Å²) in [4.78, 5) is 24.4. The summed E-state index contributed by atoms with van der Waals surface area (Å²) in [5, 5.41) is 5.44. The number of nitrogens with one attached hydrogen (secondary N) is 2. The molecule has 1 aliphatic rings. The summed E-state index contributed by atoms with van der Waals surface area (Å²) in [7, 11) is 0. The molecule has 0 aromatic heterocycles. The molecule has 1 aromatic carbocycles. The van der Waals surface area contributed by atoms with Crippen LogP contribution in [0.15, 0.2) is 41.6 Å². The molecule has 2 rings (SSSR count). The van der Waals surface area contributed by atoms with Crippen LogP contribution in [0.4, 0.5) is 4.79 Å². The molecule has 2 N–H and O–H groups in total. The molecule has 1 atom stereocenters. The van der Waals surface area contributed by atoms with Gasteiger partial charge in [-0.3, -0.25) is 0 Å². The van der Waals surface area contributed by atoms with E-state index < -0.39 is 12.0 Å². The topological polar surface area (TPSA) is 76.7 Å². The minimum absolute atomic E-state index is 0.0205. The number of amides is 2. The molecule has 1 aromatic rings. The third-order valence-corrected chi connectivity index (χ3v) is 3.34. The molecule has 1 unspecified atom stereocenters. The standard InChI is InChI=1S/C17H22N2O4/c1-4-22-16(20)14-13(10-23-11(2)3)18-17(21)19-15(14)12-8-6-5-7-9-12/h5-9,11,15H,4,10H2,1-3H3,(H2,18,19,21). The van der Waals surface area contributed by atoms with Gasteiger partial charge in [0, 0.05) is 0 Å². The first kappa shape index (κ1) is 17.0. The van der Waals surface area contributed by atoms with Gasteiger partial charge >= 0.3 is 12.0 Å². The molecule has 0 bridgehead atoms. The van der Waals surface area contributed by atoms with Crippen molar-refractivity contribution in [2.45, 2.75) is 32.9 Å². The minimum atomic E-state index is -0.560. The predicted molar refractivity (Wildman–Crippen MR) is 85.6 cm³/mol. The van der Waals surface area contributed by atoms with Crippen molar-refractivity contribution in [3.63, 3.8) is 0 Å². The van der Waals surface area contributed by atoms with E-state index in [1.54, 1.807) is 6.92 Å². The Morgan fingerprint density at radius 1 is 1.26 bits per heavy atom. The van der Waals surface area contributed by atoms with Gasteiger partial charge in [-0.2, -0.15) is 0 Å². The fraction of sp³-hybridized carbons (Fsp3) is 0.412. The van der Waals surface area contributed by atoms with Crippen LogP contribution in [0.5, 0.6) is 0 Å². The van der Waals surface area contributed by atoms with Gasteiger partial charge in [-0.1, -0.05) is 30.3 Å². The van der Waals surface area contributed by atoms with E-state index in [1.165, 1.54) is 0 Å². The van der Waals surface area contributed by atoms with Gasteiger partial charge in [-0.05, 0) is 26.3 Å². The average molecular weight is 318 g/mol. The molecule has 23 heavy (non-hydrogen) atoms. The molecule has 6 nitrogen and oxygen atoms in total. The molecule has 1 aliphatic heterocycles. The van der Waals surface area contributed by atoms with E-state index in [9.17, 15) is 9.59 Å². The Labute approximate surface area is 135 Å². The fourth-order valence-corrected chi connectivity index (χ4v) is 2.33. The van der Waals surface area contributed by atoms with Gasteiger partial charge in [-0.25, -0.2) is 9.59 Å². The van der Waals surface area contributed by atoms with Crippen LogP contribution in [0.3, 0.4) is 0 Å². The Bertz CT molecular complexity index is 596. The summed E-state index contributed by atoms with van der Waals surface area (Å²) in [5.74, 6) is -0.462. The lowest BCUT2D eigenvalue weighted by molar-refractivity contribution is -0.139. The van der Waals surface area contributed by atoms with E-state index in [4.69, 9.17) is 9.47 Å². The zero-order chi connectivity index (χ0) is 16.8. The minimum Gasteiger partial charge on any atom is -0.463 e. The summed E-state index contributed by atoms with van der Waals surface area (Å²) in [6, 6.07) is 8.38. The normalized spacial score (nSPS) is 17.7. The van der Waals surface area contributed by atoms with Gasteiger partial charge in [0.1, 0.15) is 0 Å². The van der Waals surface area contributed by atoms with Gasteiger partial charge in [0.2, 0.25) is 0 Å². The first-order valence-corrected chi connectivity index (χ1v) is 7.67. The first-order valence-electron chi connectivity index (χ1n) is 7.67. The maximum atomic E-state index is 12.4. The largest absolute Gasteiger partial charge is 0.463 e. The van der Waals surface area contributed by atoms with Gasteiger partial charge < -0.3 is 20.1 Å². The Morgan fingerprint density at radius 3 is 2.57 bits per heavy atom. The van der Waals surface area contributed by atoms with Crippen molar-refractivity contribution in [2.75, 3.05) is 13.2 Å². The molecular weight excluding hydrogens is 296 g/mol. The van der Waals surface area contributed by atoms with E-state index in [0.717, 1.165) is 5.56 Å². The van der Waals surface area contributed by atoms with Gasteiger partial charge in [-0.15, -0.1) is 0 Å². The van der Waals surface area contributed by atoms with Crippen molar-refractivity contribution >= 4 is 12.0 Å². The summed E-state index contributed by atoms with van der Waals surface area (Å²) < 4.78 is 10.7. The molecule has 0 fully saturated rings. The maximum absolute atomic E-state index is 12.4. The van der Waals surface area contributed by atoms with Crippen LogP contribution in [0.1, 0.15) is 32.4 Å². The fourth-order valence-electron chi connectivity index (χ4n) is 2.33. The Hall–Kier alpha value is -2.34. The van der Waals surface area contributed by atoms with Crippen molar-refractivity contribution in [1.82, 2.24) is 10.6 Å². The van der Waals surface area contributed by atoms with E-state index in [2.05, 4.69) is 10.6 Å². The van der Waals surface area contributed by atoms with E-state index in [-0.39, 0.29) is 25.3 Å². The molecule has 0 saturated carbocycles. The van der Waals surface area contributed by atoms with E-state index in [1.807, 2.05) is 44.2 Å². The molecule has 0 spiro atoms. The van der Waals surface area contributed by atoms with Crippen LogP contribution >= 0.6 is 0 Å². The highest BCUT2D eigenvalue weighted by Gasteiger charge is 2.33. The second-order valence-electron chi connectivity index (χ2n) is 5.41. The summed E-state index contributed by atoms with van der Waals surface area (Å²) >= 11 is 0. The number of carbonyl (C=O) groups is 2. The van der Waals surface area contributed by atoms with Crippen LogP contribution in [0.2, 0.25) is 0 Å². The van der Waals surface area contributed by atoms with Crippen molar-refractivity contribution in [2.24, 2.45) is 0 Å². The lowest BCUT2D eigenvalue weighted by atomic mass is 9.95. The zero-order valence-corrected chi connectivity index (χ0v) is 13.6. The summed E-state index contributed by atoms with van der Waals surface area (Å²) in [6.07, 6.45) is -0.0205. The van der Waals surface area contributed by atoms with Crippen LogP contribution < -0.4 is 10.6 Å². The Balaban J connectivity index is 2.42. The molecule has 0 radical (unpaired) electrons. The number of benzene rings is 1. The van der Waals surface area contributed by atoms with E-state index in [0.29, 0.717) is 11.3 Å². The number of ether oxygens (including phenoxy) is 2. The van der Waals surface area contributed by atoms with Crippen molar-refractivity contribution < 1.29 is 19.1 Å². The highest BCUT2D eigenvalue weighted by Crippen LogP contribution is 2.27. The first-order chi connectivity index (χ1) is 11.0. The SMILES string of the molecule is CCOC(=O)C1=C(COC(C)C)NC(=O)NC1c1ccccc1. The third-order valence-electron chi connectivity index (χ3n) is 3.34. The van der Waals surface area contributed by atoms with Crippen molar-refractivity contribution in [3.05, 3.63) is 47.2 Å². The average Bonchev–Trinajstić information content (AvgIpc) is 2.53. The molecule has 2 amide bonds. The quantitative estimate of drug-likeness (QED) is 0.789. The Kier molecular flexibility index (Phi) is 5.76. The Morgan fingerprint density at radius 2 is 1.96 bits per heavy atom. The van der Waals surface area contributed by atoms with Crippen LogP contribution in [0, 0.1) is 0 Å². The predicted octanol–water partition coefficient (Wildman–Crippen LogP) is 2.28. The lowest BCUT2D eigenvalue weighted by Crippen LogP contribution is -2.47. The molecule has 0 saturated heterocycles. The maximum Gasteiger partial charge on any atom is 0.338 e. The number of esters is 1.